The predicted molar refractivity (Wildman–Crippen MR) is 83.6 cm³/mol. The third-order valence-corrected chi connectivity index (χ3v) is 3.87. The van der Waals surface area contributed by atoms with Crippen molar-refractivity contribution in [3.8, 4) is 0 Å². The summed E-state index contributed by atoms with van der Waals surface area (Å²) in [6.07, 6.45) is 0. The van der Waals surface area contributed by atoms with E-state index >= 15 is 0 Å². The van der Waals surface area contributed by atoms with Gasteiger partial charge in [-0.15, -0.1) is 0 Å². The van der Waals surface area contributed by atoms with Gasteiger partial charge in [0.1, 0.15) is 0 Å². The number of para-hydroxylation sites is 2. The Bertz CT molecular complexity index is 735. The van der Waals surface area contributed by atoms with Gasteiger partial charge >= 0.3 is 0 Å². The fourth-order valence-corrected chi connectivity index (χ4v) is 2.97. The van der Waals surface area contributed by atoms with E-state index in [0.717, 1.165) is 11.4 Å². The fourth-order valence-electron chi connectivity index (χ4n) is 2.97. The standard InChI is InChI=1S/C19H15N/c1-2-8-14(9-3-1)19-15-10-4-6-12-17(15)20-18-13-7-5-11-16(18)19/h1-13,19-20H/i/hD. The highest BCUT2D eigenvalue weighted by Gasteiger charge is 2.25. The Labute approximate surface area is 120 Å². The summed E-state index contributed by atoms with van der Waals surface area (Å²) in [5, 5.41) is 1.55. The van der Waals surface area contributed by atoms with E-state index in [1.165, 1.54) is 16.7 Å². The lowest BCUT2D eigenvalue weighted by atomic mass is 9.81. The Kier molecular flexibility index (Phi) is 2.33. The molecule has 3 aromatic carbocycles. The summed E-state index contributed by atoms with van der Waals surface area (Å²) in [6.45, 7) is 0. The molecule has 0 atom stereocenters. The molecule has 3 aromatic rings. The molecule has 1 nitrogen and oxygen atoms in total. The minimum absolute atomic E-state index is 0.195. The van der Waals surface area contributed by atoms with Crippen molar-refractivity contribution in [2.75, 3.05) is 5.31 Å². The van der Waals surface area contributed by atoms with Crippen LogP contribution in [-0.4, -0.2) is 0 Å². The van der Waals surface area contributed by atoms with Crippen molar-refractivity contribution < 1.29 is 1.41 Å². The molecule has 0 aliphatic carbocycles. The second-order valence-corrected chi connectivity index (χ2v) is 5.07. The zero-order valence-electron chi connectivity index (χ0n) is 12.0. The van der Waals surface area contributed by atoms with Crippen molar-refractivity contribution in [1.29, 1.82) is 0 Å². The van der Waals surface area contributed by atoms with Crippen LogP contribution < -0.4 is 5.31 Å². The van der Waals surface area contributed by atoms with Gasteiger partial charge < -0.3 is 5.31 Å². The number of nitrogens with one attached hydrogen (secondary N) is 1. The van der Waals surface area contributed by atoms with Gasteiger partial charge in [0, 0.05) is 17.3 Å². The molecule has 0 saturated heterocycles. The molecule has 4 rings (SSSR count). The zero-order chi connectivity index (χ0) is 14.2. The zero-order valence-corrected chi connectivity index (χ0v) is 11.0. The van der Waals surface area contributed by atoms with Crippen LogP contribution in [0.15, 0.2) is 78.9 Å². The minimum atomic E-state index is 0.195. The van der Waals surface area contributed by atoms with Crippen LogP contribution in [0.5, 0.6) is 0 Å². The van der Waals surface area contributed by atoms with E-state index in [1.807, 2.05) is 30.3 Å². The van der Waals surface area contributed by atoms with E-state index in [9.17, 15) is 0 Å². The average Bonchev–Trinajstić information content (AvgIpc) is 2.56. The summed E-state index contributed by atoms with van der Waals surface area (Å²) in [7, 11) is 0. The molecule has 0 unspecified atom stereocenters. The number of rotatable bonds is 1. The van der Waals surface area contributed by atoms with Crippen LogP contribution in [-0.2, 0) is 0 Å². The summed E-state index contributed by atoms with van der Waals surface area (Å²) in [4.78, 5) is 0. The normalized spacial score (nSPS) is 14.4. The molecule has 1 heteroatoms. The van der Waals surface area contributed by atoms with Crippen molar-refractivity contribution >= 4 is 11.4 Å². The van der Waals surface area contributed by atoms with E-state index in [4.69, 9.17) is 1.41 Å². The van der Waals surface area contributed by atoms with Gasteiger partial charge in [-0.2, -0.15) is 0 Å². The predicted octanol–water partition coefficient (Wildman–Crippen LogP) is 4.92. The summed E-state index contributed by atoms with van der Waals surface area (Å²) in [5.74, 6) is 0.195. The molecular formula is C19H15N. The van der Waals surface area contributed by atoms with E-state index < -0.39 is 0 Å². The third-order valence-electron chi connectivity index (χ3n) is 3.87. The summed E-state index contributed by atoms with van der Waals surface area (Å²) >= 11 is 0. The molecule has 0 radical (unpaired) electrons. The lowest BCUT2D eigenvalue weighted by Crippen LogP contribution is -2.13. The van der Waals surface area contributed by atoms with Gasteiger partial charge in [0.25, 0.3) is 0 Å². The van der Waals surface area contributed by atoms with Crippen LogP contribution in [0.1, 0.15) is 22.6 Å². The van der Waals surface area contributed by atoms with Crippen molar-refractivity contribution in [2.45, 2.75) is 5.92 Å². The van der Waals surface area contributed by atoms with Crippen molar-refractivity contribution in [3.63, 3.8) is 0 Å². The lowest BCUT2D eigenvalue weighted by Gasteiger charge is -2.29. The number of anilines is 2. The van der Waals surface area contributed by atoms with Crippen molar-refractivity contribution in [3.05, 3.63) is 95.6 Å². The van der Waals surface area contributed by atoms with Gasteiger partial charge in [-0.25, -0.2) is 0 Å². The maximum Gasteiger partial charge on any atom is 0.167 e. The molecule has 1 aliphatic heterocycles. The van der Waals surface area contributed by atoms with Crippen LogP contribution >= 0.6 is 0 Å². The molecule has 96 valence electrons. The second kappa shape index (κ2) is 4.53. The largest absolute Gasteiger partial charge is 0.355 e. The van der Waals surface area contributed by atoms with Crippen LogP contribution in [0, 0.1) is 0 Å². The van der Waals surface area contributed by atoms with E-state index in [2.05, 4.69) is 48.5 Å². The Morgan fingerprint density at radius 3 is 1.75 bits per heavy atom. The first-order valence-electron chi connectivity index (χ1n) is 7.33. The summed E-state index contributed by atoms with van der Waals surface area (Å²) < 4.78 is 8.42. The minimum Gasteiger partial charge on any atom is -0.355 e. The fraction of sp³-hybridized carbons (Fsp3) is 0.0526. The highest BCUT2D eigenvalue weighted by molar-refractivity contribution is 5.75. The molecule has 1 aliphatic rings. The van der Waals surface area contributed by atoms with Crippen molar-refractivity contribution in [2.24, 2.45) is 0 Å². The molecule has 0 bridgehead atoms. The number of hydrogen-bond donors (Lipinski definition) is 1. The quantitative estimate of drug-likeness (QED) is 0.653. The first-order valence-corrected chi connectivity index (χ1v) is 6.88. The molecule has 20 heavy (non-hydrogen) atoms. The van der Waals surface area contributed by atoms with Crippen molar-refractivity contribution in [1.82, 2.24) is 0 Å². The SMILES string of the molecule is [2H]N1c2ccccc2C(c2ccccc2)c2ccccc21. The first kappa shape index (κ1) is 10.3. The Morgan fingerprint density at radius 1 is 0.650 bits per heavy atom. The first-order chi connectivity index (χ1) is 10.4. The summed E-state index contributed by atoms with van der Waals surface area (Å²) in [5.41, 5.74) is 5.58. The molecule has 0 spiro atoms. The van der Waals surface area contributed by atoms with Gasteiger partial charge in [-0.3, -0.25) is 0 Å². The molecule has 0 fully saturated rings. The Hall–Kier alpha value is -2.54. The molecule has 0 saturated carbocycles. The van der Waals surface area contributed by atoms with Gasteiger partial charge in [0.2, 0.25) is 0 Å². The Balaban J connectivity index is 2.01. The van der Waals surface area contributed by atoms with Crippen LogP contribution in [0.3, 0.4) is 0 Å². The van der Waals surface area contributed by atoms with E-state index in [0.29, 0.717) is 0 Å². The molecular weight excluding hydrogens is 242 g/mol. The van der Waals surface area contributed by atoms with Crippen LogP contribution in [0.25, 0.3) is 0 Å². The van der Waals surface area contributed by atoms with Gasteiger partial charge in [0.05, 0.1) is 0 Å². The topological polar surface area (TPSA) is 12.0 Å². The number of hydrogen-bond acceptors (Lipinski definition) is 1. The third kappa shape index (κ3) is 1.71. The highest BCUT2D eigenvalue weighted by atomic mass is 14.9. The van der Waals surface area contributed by atoms with Gasteiger partial charge in [0.15, 0.2) is 1.41 Å². The van der Waals surface area contributed by atoms with Gasteiger partial charge in [-0.1, -0.05) is 66.7 Å². The molecule has 1 N–H and O–H groups in total. The molecule has 1 heterocycles. The summed E-state index contributed by atoms with van der Waals surface area (Å²) in [6, 6.07) is 26.9. The number of fused-ring (bicyclic) bond motifs is 2. The average molecular weight is 258 g/mol. The van der Waals surface area contributed by atoms with Gasteiger partial charge in [-0.05, 0) is 28.8 Å². The highest BCUT2D eigenvalue weighted by Crippen LogP contribution is 2.44. The molecule has 0 amide bonds. The van der Waals surface area contributed by atoms with Crippen LogP contribution in [0.4, 0.5) is 11.4 Å². The maximum absolute atomic E-state index is 8.42. The van der Waals surface area contributed by atoms with E-state index in [-0.39, 0.29) is 5.92 Å². The van der Waals surface area contributed by atoms with E-state index in [1.54, 1.807) is 5.31 Å². The Morgan fingerprint density at radius 2 is 1.15 bits per heavy atom. The monoisotopic (exact) mass is 258 g/mol. The maximum atomic E-state index is 8.42. The second-order valence-electron chi connectivity index (χ2n) is 5.07. The smallest absolute Gasteiger partial charge is 0.167 e. The number of benzene rings is 3. The van der Waals surface area contributed by atoms with Crippen LogP contribution in [0.2, 0.25) is 1.41 Å². The lowest BCUT2D eigenvalue weighted by molar-refractivity contribution is 0.964. The molecule has 0 aromatic heterocycles.